The zero-order valence-electron chi connectivity index (χ0n) is 7.33. The van der Waals surface area contributed by atoms with Gasteiger partial charge in [-0.15, -0.1) is 0 Å². The summed E-state index contributed by atoms with van der Waals surface area (Å²) in [5, 5.41) is 0. The van der Waals surface area contributed by atoms with E-state index in [1.807, 2.05) is 13.8 Å². The Morgan fingerprint density at radius 2 is 2.33 bits per heavy atom. The highest BCUT2D eigenvalue weighted by atomic mass is 16.5. The molecule has 1 aromatic heterocycles. The van der Waals surface area contributed by atoms with Crippen molar-refractivity contribution in [3.8, 4) is 0 Å². The van der Waals surface area contributed by atoms with Crippen molar-refractivity contribution in [3.05, 3.63) is 17.8 Å². The smallest absolute Gasteiger partial charge is 0.360 e. The quantitative estimate of drug-likeness (QED) is 0.631. The third kappa shape index (κ3) is 1.47. The number of hydrogen-bond donors (Lipinski definition) is 0. The van der Waals surface area contributed by atoms with Crippen LogP contribution in [0.25, 0.3) is 0 Å². The molecule has 0 amide bonds. The molecule has 0 saturated carbocycles. The Balaban J connectivity index is 2.99. The molecule has 0 aliphatic rings. The van der Waals surface area contributed by atoms with E-state index in [9.17, 15) is 4.79 Å². The molecule has 0 radical (unpaired) electrons. The minimum atomic E-state index is -0.451. The van der Waals surface area contributed by atoms with Crippen molar-refractivity contribution in [1.29, 1.82) is 0 Å². The molecule has 12 heavy (non-hydrogen) atoms. The molecule has 0 spiro atoms. The number of methoxy groups -OCH3 is 1. The van der Waals surface area contributed by atoms with Crippen molar-refractivity contribution in [2.45, 2.75) is 19.8 Å². The van der Waals surface area contributed by atoms with Crippen molar-refractivity contribution in [2.75, 3.05) is 7.11 Å². The molecule has 0 atom stereocenters. The van der Waals surface area contributed by atoms with Crippen LogP contribution in [0.3, 0.4) is 0 Å². The first kappa shape index (κ1) is 8.77. The highest BCUT2D eigenvalue weighted by Gasteiger charge is 2.18. The van der Waals surface area contributed by atoms with E-state index < -0.39 is 5.97 Å². The number of carbonyl (C=O) groups excluding carboxylic acids is 1. The van der Waals surface area contributed by atoms with Gasteiger partial charge in [-0.1, -0.05) is 13.8 Å². The van der Waals surface area contributed by atoms with Crippen molar-refractivity contribution >= 4 is 5.97 Å². The van der Waals surface area contributed by atoms with Gasteiger partial charge in [0.2, 0.25) is 0 Å². The number of aromatic nitrogens is 1. The van der Waals surface area contributed by atoms with E-state index in [1.54, 1.807) is 0 Å². The van der Waals surface area contributed by atoms with Gasteiger partial charge in [0.15, 0.2) is 12.1 Å². The SMILES string of the molecule is COC(=O)c1ncoc1C(C)C. The second-order valence-corrected chi connectivity index (χ2v) is 2.71. The number of rotatable bonds is 2. The Morgan fingerprint density at radius 3 is 2.83 bits per heavy atom. The monoisotopic (exact) mass is 169 g/mol. The van der Waals surface area contributed by atoms with Crippen molar-refractivity contribution < 1.29 is 13.9 Å². The van der Waals surface area contributed by atoms with Gasteiger partial charge in [-0.2, -0.15) is 0 Å². The molecule has 1 heterocycles. The van der Waals surface area contributed by atoms with Crippen LogP contribution < -0.4 is 0 Å². The van der Waals surface area contributed by atoms with Gasteiger partial charge in [0.1, 0.15) is 5.76 Å². The third-order valence-electron chi connectivity index (χ3n) is 1.50. The fraction of sp³-hybridized carbons (Fsp3) is 0.500. The van der Waals surface area contributed by atoms with Gasteiger partial charge in [0.25, 0.3) is 0 Å². The average Bonchev–Trinajstić information content (AvgIpc) is 2.50. The van der Waals surface area contributed by atoms with Crippen LogP contribution in [0.1, 0.15) is 36.0 Å². The first-order valence-corrected chi connectivity index (χ1v) is 3.68. The van der Waals surface area contributed by atoms with E-state index in [1.165, 1.54) is 13.5 Å². The molecule has 0 aliphatic heterocycles. The maximum absolute atomic E-state index is 11.1. The summed E-state index contributed by atoms with van der Waals surface area (Å²) < 4.78 is 9.56. The maximum Gasteiger partial charge on any atom is 0.360 e. The Hall–Kier alpha value is -1.32. The van der Waals surface area contributed by atoms with E-state index in [4.69, 9.17) is 4.42 Å². The van der Waals surface area contributed by atoms with E-state index in [2.05, 4.69) is 9.72 Å². The van der Waals surface area contributed by atoms with Crippen LogP contribution in [0, 0.1) is 0 Å². The maximum atomic E-state index is 11.1. The van der Waals surface area contributed by atoms with Crippen LogP contribution in [0.4, 0.5) is 0 Å². The van der Waals surface area contributed by atoms with Gasteiger partial charge in [0.05, 0.1) is 7.11 Å². The largest absolute Gasteiger partial charge is 0.464 e. The third-order valence-corrected chi connectivity index (χ3v) is 1.50. The second-order valence-electron chi connectivity index (χ2n) is 2.71. The summed E-state index contributed by atoms with van der Waals surface area (Å²) in [5.74, 6) is 0.260. The van der Waals surface area contributed by atoms with Gasteiger partial charge in [0, 0.05) is 5.92 Å². The molecule has 0 aromatic carbocycles. The summed E-state index contributed by atoms with van der Waals surface area (Å²) in [5.41, 5.74) is 0.271. The molecule has 0 aliphatic carbocycles. The van der Waals surface area contributed by atoms with Gasteiger partial charge in [-0.3, -0.25) is 0 Å². The van der Waals surface area contributed by atoms with E-state index in [-0.39, 0.29) is 11.6 Å². The van der Waals surface area contributed by atoms with E-state index >= 15 is 0 Å². The number of ether oxygens (including phenoxy) is 1. The predicted octanol–water partition coefficient (Wildman–Crippen LogP) is 1.58. The summed E-state index contributed by atoms with van der Waals surface area (Å²) in [7, 11) is 1.32. The Bertz CT molecular complexity index is 278. The summed E-state index contributed by atoms with van der Waals surface area (Å²) in [6.07, 6.45) is 1.25. The lowest BCUT2D eigenvalue weighted by atomic mass is 10.1. The van der Waals surface area contributed by atoms with Crippen LogP contribution >= 0.6 is 0 Å². The van der Waals surface area contributed by atoms with E-state index in [0.29, 0.717) is 5.76 Å². The lowest BCUT2D eigenvalue weighted by Gasteiger charge is -2.00. The van der Waals surface area contributed by atoms with Crippen LogP contribution in [0.2, 0.25) is 0 Å². The number of oxazole rings is 1. The Labute approximate surface area is 70.5 Å². The minimum absolute atomic E-state index is 0.140. The van der Waals surface area contributed by atoms with Gasteiger partial charge >= 0.3 is 5.97 Å². The minimum Gasteiger partial charge on any atom is -0.464 e. The molecule has 4 nitrogen and oxygen atoms in total. The molecule has 0 N–H and O–H groups in total. The molecule has 66 valence electrons. The number of nitrogens with zero attached hydrogens (tertiary/aromatic N) is 1. The van der Waals surface area contributed by atoms with Crippen LogP contribution in [0.5, 0.6) is 0 Å². The Kier molecular flexibility index (Phi) is 2.47. The summed E-state index contributed by atoms with van der Waals surface area (Å²) in [6.45, 7) is 3.85. The fourth-order valence-corrected chi connectivity index (χ4v) is 0.915. The summed E-state index contributed by atoms with van der Waals surface area (Å²) >= 11 is 0. The molecule has 4 heteroatoms. The molecule has 1 aromatic rings. The normalized spacial score (nSPS) is 10.3. The lowest BCUT2D eigenvalue weighted by Crippen LogP contribution is -2.05. The van der Waals surface area contributed by atoms with Crippen LogP contribution in [0.15, 0.2) is 10.8 Å². The first-order chi connectivity index (χ1) is 5.66. The number of esters is 1. The second kappa shape index (κ2) is 3.38. The zero-order valence-corrected chi connectivity index (χ0v) is 7.33. The van der Waals surface area contributed by atoms with Crippen molar-refractivity contribution in [1.82, 2.24) is 4.98 Å². The topological polar surface area (TPSA) is 52.3 Å². The zero-order chi connectivity index (χ0) is 9.14. The van der Waals surface area contributed by atoms with E-state index in [0.717, 1.165) is 0 Å². The molecule has 0 unspecified atom stereocenters. The standard InChI is InChI=1S/C8H11NO3/c1-5(2)7-6(8(10)11-3)9-4-12-7/h4-5H,1-3H3. The summed E-state index contributed by atoms with van der Waals surface area (Å²) in [4.78, 5) is 14.8. The van der Waals surface area contributed by atoms with Crippen molar-refractivity contribution in [2.24, 2.45) is 0 Å². The molecule has 0 bridgehead atoms. The summed E-state index contributed by atoms with van der Waals surface area (Å²) in [6, 6.07) is 0. The highest BCUT2D eigenvalue weighted by molar-refractivity contribution is 5.88. The predicted molar refractivity (Wildman–Crippen MR) is 41.9 cm³/mol. The van der Waals surface area contributed by atoms with Crippen LogP contribution in [-0.2, 0) is 4.74 Å². The van der Waals surface area contributed by atoms with Gasteiger partial charge < -0.3 is 9.15 Å². The molecule has 0 fully saturated rings. The van der Waals surface area contributed by atoms with Crippen molar-refractivity contribution in [3.63, 3.8) is 0 Å². The average molecular weight is 169 g/mol. The van der Waals surface area contributed by atoms with Gasteiger partial charge in [-0.05, 0) is 0 Å². The number of hydrogen-bond acceptors (Lipinski definition) is 4. The molecule has 0 saturated heterocycles. The molecular formula is C8H11NO3. The molecule has 1 rings (SSSR count). The fourth-order valence-electron chi connectivity index (χ4n) is 0.915. The lowest BCUT2D eigenvalue weighted by molar-refractivity contribution is 0.0591. The highest BCUT2D eigenvalue weighted by Crippen LogP contribution is 2.18. The van der Waals surface area contributed by atoms with Gasteiger partial charge in [-0.25, -0.2) is 9.78 Å². The Morgan fingerprint density at radius 1 is 1.67 bits per heavy atom. The van der Waals surface area contributed by atoms with Crippen LogP contribution in [-0.4, -0.2) is 18.1 Å². The first-order valence-electron chi connectivity index (χ1n) is 3.68. The molecular weight excluding hydrogens is 158 g/mol. The number of carbonyl (C=O) groups is 1.